The van der Waals surface area contributed by atoms with Gasteiger partial charge in [-0.3, -0.25) is 4.79 Å². The summed E-state index contributed by atoms with van der Waals surface area (Å²) in [5.74, 6) is 9.99. The Balaban J connectivity index is 2.39. The van der Waals surface area contributed by atoms with Crippen LogP contribution in [0.15, 0.2) is 29.4 Å². The van der Waals surface area contributed by atoms with Gasteiger partial charge in [0.15, 0.2) is 5.84 Å². The van der Waals surface area contributed by atoms with Crippen LogP contribution in [0.2, 0.25) is 0 Å². The van der Waals surface area contributed by atoms with Crippen molar-refractivity contribution in [3.8, 4) is 0 Å². The second-order valence-electron chi connectivity index (χ2n) is 4.09. The van der Waals surface area contributed by atoms with Crippen LogP contribution in [0.25, 0.3) is 0 Å². The van der Waals surface area contributed by atoms with Gasteiger partial charge in [-0.15, -0.1) is 0 Å². The zero-order valence-corrected chi connectivity index (χ0v) is 9.18. The van der Waals surface area contributed by atoms with Crippen molar-refractivity contribution in [2.75, 3.05) is 0 Å². The highest BCUT2D eigenvalue weighted by atomic mass is 16.4. The fourth-order valence-corrected chi connectivity index (χ4v) is 1.91. The predicted molar refractivity (Wildman–Crippen MR) is 63.0 cm³/mol. The minimum Gasteiger partial charge on any atom is -0.481 e. The summed E-state index contributed by atoms with van der Waals surface area (Å²) in [7, 11) is 0. The summed E-state index contributed by atoms with van der Waals surface area (Å²) in [4.78, 5) is 11.2. The van der Waals surface area contributed by atoms with Crippen LogP contribution in [0.5, 0.6) is 0 Å². The molecule has 17 heavy (non-hydrogen) atoms. The molecule has 1 fully saturated rings. The van der Waals surface area contributed by atoms with Crippen molar-refractivity contribution in [3.63, 3.8) is 0 Å². The van der Waals surface area contributed by atoms with Gasteiger partial charge in [0.2, 0.25) is 0 Å². The maximum Gasteiger partial charge on any atom is 0.314 e. The Bertz CT molecular complexity index is 480. The van der Waals surface area contributed by atoms with Crippen molar-refractivity contribution in [1.82, 2.24) is 5.43 Å². The number of nitrogens with two attached hydrogens (primary N) is 2. The maximum absolute atomic E-state index is 11.2. The number of aliphatic carboxylic acids is 1. The molecule has 0 amide bonds. The number of nitrogens with one attached hydrogen (secondary N) is 1. The van der Waals surface area contributed by atoms with Crippen molar-refractivity contribution in [2.24, 2.45) is 16.8 Å². The number of rotatable bonds is 3. The molecule has 0 aromatic heterocycles. The Hall–Kier alpha value is -2.08. The van der Waals surface area contributed by atoms with Gasteiger partial charge in [-0.25, -0.2) is 5.84 Å². The fraction of sp³-hybridized carbons (Fsp3) is 0.273. The minimum atomic E-state index is -0.790. The van der Waals surface area contributed by atoms with Gasteiger partial charge in [-0.1, -0.05) is 18.2 Å². The first-order valence-electron chi connectivity index (χ1n) is 5.23. The lowest BCUT2D eigenvalue weighted by Crippen LogP contribution is -2.32. The van der Waals surface area contributed by atoms with E-state index in [4.69, 9.17) is 11.7 Å². The van der Waals surface area contributed by atoms with Crippen LogP contribution in [0.3, 0.4) is 0 Å². The highest BCUT2D eigenvalue weighted by Gasteiger charge is 2.51. The number of benzene rings is 1. The quantitative estimate of drug-likeness (QED) is 0.252. The molecule has 1 aromatic carbocycles. The molecule has 0 unspecified atom stereocenters. The fourth-order valence-electron chi connectivity index (χ4n) is 1.91. The second-order valence-corrected chi connectivity index (χ2v) is 4.09. The SMILES string of the molecule is N/N=C(\NN)c1cccc(C2(C(=O)O)CC2)c1. The van der Waals surface area contributed by atoms with E-state index in [0.29, 0.717) is 24.2 Å². The first-order chi connectivity index (χ1) is 8.14. The zero-order chi connectivity index (χ0) is 12.5. The molecule has 0 spiro atoms. The van der Waals surface area contributed by atoms with E-state index in [0.717, 1.165) is 5.56 Å². The molecule has 0 saturated heterocycles. The van der Waals surface area contributed by atoms with Gasteiger partial charge >= 0.3 is 5.97 Å². The lowest BCUT2D eigenvalue weighted by atomic mass is 9.94. The van der Waals surface area contributed by atoms with E-state index in [1.54, 1.807) is 24.3 Å². The summed E-state index contributed by atoms with van der Waals surface area (Å²) >= 11 is 0. The molecule has 0 heterocycles. The first-order valence-corrected chi connectivity index (χ1v) is 5.23. The Morgan fingerprint density at radius 2 is 2.18 bits per heavy atom. The monoisotopic (exact) mass is 234 g/mol. The molecule has 1 aromatic rings. The molecule has 2 rings (SSSR count). The Kier molecular flexibility index (Phi) is 2.72. The number of nitrogens with zero attached hydrogens (tertiary/aromatic N) is 1. The van der Waals surface area contributed by atoms with Crippen molar-refractivity contribution in [3.05, 3.63) is 35.4 Å². The molecular formula is C11H14N4O2. The predicted octanol–water partition coefficient (Wildman–Crippen LogP) is -0.114. The molecule has 0 atom stereocenters. The molecular weight excluding hydrogens is 220 g/mol. The molecule has 1 aliphatic rings. The van der Waals surface area contributed by atoms with Gasteiger partial charge in [0, 0.05) is 5.56 Å². The van der Waals surface area contributed by atoms with E-state index in [9.17, 15) is 9.90 Å². The van der Waals surface area contributed by atoms with E-state index in [2.05, 4.69) is 10.5 Å². The van der Waals surface area contributed by atoms with Crippen LogP contribution in [0, 0.1) is 0 Å². The van der Waals surface area contributed by atoms with Crippen LogP contribution in [0.4, 0.5) is 0 Å². The Labute approximate surface area is 98.3 Å². The van der Waals surface area contributed by atoms with Gasteiger partial charge in [0.05, 0.1) is 5.41 Å². The third-order valence-electron chi connectivity index (χ3n) is 3.11. The summed E-state index contributed by atoms with van der Waals surface area (Å²) in [5, 5.41) is 12.7. The van der Waals surface area contributed by atoms with Gasteiger partial charge in [0.1, 0.15) is 0 Å². The first kappa shape index (κ1) is 11.4. The van der Waals surface area contributed by atoms with Crippen molar-refractivity contribution in [1.29, 1.82) is 0 Å². The topological polar surface area (TPSA) is 114 Å². The van der Waals surface area contributed by atoms with Crippen LogP contribution in [-0.2, 0) is 10.2 Å². The Morgan fingerprint density at radius 3 is 2.65 bits per heavy atom. The lowest BCUT2D eigenvalue weighted by molar-refractivity contribution is -0.140. The van der Waals surface area contributed by atoms with Crippen LogP contribution in [0.1, 0.15) is 24.0 Å². The number of hydrogen-bond acceptors (Lipinski definition) is 4. The van der Waals surface area contributed by atoms with Crippen molar-refractivity contribution < 1.29 is 9.90 Å². The van der Waals surface area contributed by atoms with Crippen molar-refractivity contribution >= 4 is 11.8 Å². The number of carboxylic acid groups (broad SMARTS) is 1. The number of carboxylic acids is 1. The van der Waals surface area contributed by atoms with E-state index < -0.39 is 11.4 Å². The molecule has 0 aliphatic heterocycles. The smallest absolute Gasteiger partial charge is 0.314 e. The third-order valence-corrected chi connectivity index (χ3v) is 3.11. The third kappa shape index (κ3) is 1.83. The second kappa shape index (κ2) is 4.06. The lowest BCUT2D eigenvalue weighted by Gasteiger charge is -2.12. The van der Waals surface area contributed by atoms with Crippen LogP contribution < -0.4 is 17.1 Å². The summed E-state index contributed by atoms with van der Waals surface area (Å²) in [5.41, 5.74) is 3.09. The molecule has 1 saturated carbocycles. The van der Waals surface area contributed by atoms with Gasteiger partial charge in [-0.2, -0.15) is 5.10 Å². The summed E-state index contributed by atoms with van der Waals surface area (Å²) in [6.07, 6.45) is 1.33. The molecule has 1 aliphatic carbocycles. The van der Waals surface area contributed by atoms with Crippen molar-refractivity contribution in [2.45, 2.75) is 18.3 Å². The molecule has 0 radical (unpaired) electrons. The molecule has 0 bridgehead atoms. The molecule has 6 nitrogen and oxygen atoms in total. The standard InChI is InChI=1S/C11H14N4O2/c12-14-9(15-13)7-2-1-3-8(6-7)11(4-5-11)10(16)17/h1-3,6H,4-5,12-13H2,(H,14,15)(H,16,17). The number of hydrazine groups is 1. The van der Waals surface area contributed by atoms with E-state index in [1.165, 1.54) is 0 Å². The maximum atomic E-state index is 11.2. The van der Waals surface area contributed by atoms with Crippen LogP contribution >= 0.6 is 0 Å². The highest BCUT2D eigenvalue weighted by Crippen LogP contribution is 2.48. The van der Waals surface area contributed by atoms with Crippen LogP contribution in [-0.4, -0.2) is 16.9 Å². The molecule has 6 heteroatoms. The molecule has 90 valence electrons. The summed E-state index contributed by atoms with van der Waals surface area (Å²) in [6.45, 7) is 0. The van der Waals surface area contributed by atoms with E-state index in [1.807, 2.05) is 0 Å². The van der Waals surface area contributed by atoms with Gasteiger partial charge in [0.25, 0.3) is 0 Å². The summed E-state index contributed by atoms with van der Waals surface area (Å²) in [6, 6.07) is 7.10. The average Bonchev–Trinajstić information content (AvgIpc) is 3.12. The normalized spacial score (nSPS) is 17.6. The number of carbonyl (C=O) groups is 1. The summed E-state index contributed by atoms with van der Waals surface area (Å²) < 4.78 is 0. The Morgan fingerprint density at radius 1 is 1.47 bits per heavy atom. The van der Waals surface area contributed by atoms with E-state index >= 15 is 0 Å². The average molecular weight is 234 g/mol. The number of hydrazone groups is 1. The molecule has 6 N–H and O–H groups in total. The largest absolute Gasteiger partial charge is 0.481 e. The number of hydrogen-bond donors (Lipinski definition) is 4. The van der Waals surface area contributed by atoms with Gasteiger partial charge in [-0.05, 0) is 24.5 Å². The minimum absolute atomic E-state index is 0.327. The van der Waals surface area contributed by atoms with E-state index in [-0.39, 0.29) is 0 Å². The highest BCUT2D eigenvalue weighted by molar-refractivity contribution is 5.98. The zero-order valence-electron chi connectivity index (χ0n) is 9.18. The number of amidine groups is 1. The van der Waals surface area contributed by atoms with Gasteiger partial charge < -0.3 is 16.4 Å².